The smallest absolute Gasteiger partial charge is 0.223 e. The lowest BCUT2D eigenvalue weighted by Gasteiger charge is -2.06. The van der Waals surface area contributed by atoms with E-state index in [0.29, 0.717) is 16.6 Å². The first-order chi connectivity index (χ1) is 7.63. The summed E-state index contributed by atoms with van der Waals surface area (Å²) in [7, 11) is 0. The van der Waals surface area contributed by atoms with Gasteiger partial charge in [-0.1, -0.05) is 12.2 Å². The minimum absolute atomic E-state index is 0.303. The van der Waals surface area contributed by atoms with Crippen LogP contribution >= 0.6 is 24.0 Å². The monoisotopic (exact) mass is 256 g/mol. The zero-order chi connectivity index (χ0) is 12.0. The number of thiocarbonyl (C=S) groups is 1. The van der Waals surface area contributed by atoms with Gasteiger partial charge in [0.25, 0.3) is 0 Å². The van der Waals surface area contributed by atoms with Gasteiger partial charge in [-0.15, -0.1) is 0 Å². The molecule has 1 heterocycles. The van der Waals surface area contributed by atoms with Crippen LogP contribution in [0.4, 0.5) is 5.95 Å². The number of aryl methyl sites for hydroxylation is 1. The fourth-order valence-electron chi connectivity index (χ4n) is 1.19. The van der Waals surface area contributed by atoms with Gasteiger partial charge >= 0.3 is 0 Å². The summed E-state index contributed by atoms with van der Waals surface area (Å²) in [5, 5.41) is 3.16. The van der Waals surface area contributed by atoms with Crippen molar-refractivity contribution in [2.45, 2.75) is 13.3 Å². The van der Waals surface area contributed by atoms with E-state index in [1.165, 1.54) is 0 Å². The highest BCUT2D eigenvalue weighted by Gasteiger charge is 2.03. The second-order valence-corrected chi connectivity index (χ2v) is 4.78. The van der Waals surface area contributed by atoms with Crippen molar-refractivity contribution in [1.82, 2.24) is 9.97 Å². The number of hydrogen-bond acceptors (Lipinski definition) is 5. The molecule has 0 aromatic carbocycles. The Hall–Kier alpha value is -0.880. The molecule has 0 bridgehead atoms. The maximum Gasteiger partial charge on any atom is 0.223 e. The standard InChI is InChI=1S/C10H16N4S2/c1-7-6-8(9(11)15)14-10(13-7)12-4-3-5-16-2/h6H,3-5H2,1-2H3,(H2,11,15)(H,12,13,14). The third-order valence-corrected chi connectivity index (χ3v) is 2.82. The second-order valence-electron chi connectivity index (χ2n) is 3.36. The highest BCUT2D eigenvalue weighted by Crippen LogP contribution is 2.05. The Morgan fingerprint density at radius 1 is 1.56 bits per heavy atom. The summed E-state index contributed by atoms with van der Waals surface area (Å²) in [6.07, 6.45) is 3.18. The van der Waals surface area contributed by atoms with E-state index in [9.17, 15) is 0 Å². The normalized spacial score (nSPS) is 10.1. The number of thioether (sulfide) groups is 1. The van der Waals surface area contributed by atoms with Crippen molar-refractivity contribution in [3.63, 3.8) is 0 Å². The Kier molecular flexibility index (Phi) is 5.48. The topological polar surface area (TPSA) is 63.8 Å². The van der Waals surface area contributed by atoms with E-state index in [-0.39, 0.29) is 0 Å². The number of hydrogen-bond donors (Lipinski definition) is 2. The van der Waals surface area contributed by atoms with E-state index < -0.39 is 0 Å². The van der Waals surface area contributed by atoms with Gasteiger partial charge in [-0.25, -0.2) is 9.97 Å². The molecule has 0 aliphatic rings. The molecule has 0 radical (unpaired) electrons. The Morgan fingerprint density at radius 3 is 2.94 bits per heavy atom. The van der Waals surface area contributed by atoms with E-state index >= 15 is 0 Å². The Balaban J connectivity index is 2.62. The van der Waals surface area contributed by atoms with Crippen LogP contribution in [0.3, 0.4) is 0 Å². The molecule has 1 aromatic rings. The van der Waals surface area contributed by atoms with Crippen molar-refractivity contribution in [2.24, 2.45) is 5.73 Å². The number of aromatic nitrogens is 2. The van der Waals surface area contributed by atoms with Crippen LogP contribution in [0, 0.1) is 6.92 Å². The van der Waals surface area contributed by atoms with Gasteiger partial charge in [0.15, 0.2) is 0 Å². The van der Waals surface area contributed by atoms with Crippen LogP contribution in [-0.4, -0.2) is 33.5 Å². The quantitative estimate of drug-likeness (QED) is 0.595. The summed E-state index contributed by atoms with van der Waals surface area (Å²) in [6.45, 7) is 2.76. The average Bonchev–Trinajstić information content (AvgIpc) is 2.23. The molecule has 0 saturated heterocycles. The van der Waals surface area contributed by atoms with Crippen LogP contribution in [0.15, 0.2) is 6.07 Å². The molecular weight excluding hydrogens is 240 g/mol. The Labute approximate surface area is 105 Å². The molecule has 0 atom stereocenters. The Morgan fingerprint density at radius 2 is 2.31 bits per heavy atom. The fourth-order valence-corrected chi connectivity index (χ4v) is 1.73. The van der Waals surface area contributed by atoms with Crippen LogP contribution in [0.2, 0.25) is 0 Å². The molecule has 0 amide bonds. The highest BCUT2D eigenvalue weighted by atomic mass is 32.2. The molecule has 0 aliphatic heterocycles. The van der Waals surface area contributed by atoms with Crippen LogP contribution in [0.1, 0.15) is 17.8 Å². The summed E-state index contributed by atoms with van der Waals surface area (Å²) in [5.74, 6) is 1.73. The van der Waals surface area contributed by atoms with Gasteiger partial charge < -0.3 is 11.1 Å². The SMILES string of the molecule is CSCCCNc1nc(C)cc(C(N)=S)n1. The first-order valence-electron chi connectivity index (χ1n) is 5.02. The first-order valence-corrected chi connectivity index (χ1v) is 6.82. The molecule has 6 heteroatoms. The fraction of sp³-hybridized carbons (Fsp3) is 0.500. The number of nitrogens with one attached hydrogen (secondary N) is 1. The lowest BCUT2D eigenvalue weighted by atomic mass is 10.3. The molecule has 16 heavy (non-hydrogen) atoms. The summed E-state index contributed by atoms with van der Waals surface area (Å²) in [6, 6.07) is 1.79. The molecule has 0 unspecified atom stereocenters. The van der Waals surface area contributed by atoms with Crippen molar-refractivity contribution >= 4 is 34.9 Å². The largest absolute Gasteiger partial charge is 0.388 e. The molecule has 4 nitrogen and oxygen atoms in total. The zero-order valence-electron chi connectivity index (χ0n) is 9.49. The molecule has 0 spiro atoms. The highest BCUT2D eigenvalue weighted by molar-refractivity contribution is 7.98. The number of nitrogens with zero attached hydrogens (tertiary/aromatic N) is 2. The summed E-state index contributed by atoms with van der Waals surface area (Å²) in [5.41, 5.74) is 7.02. The van der Waals surface area contributed by atoms with Gasteiger partial charge in [0.2, 0.25) is 5.95 Å². The van der Waals surface area contributed by atoms with E-state index in [1.807, 2.05) is 18.7 Å². The lowest BCUT2D eigenvalue weighted by molar-refractivity contribution is 0.954. The van der Waals surface area contributed by atoms with Gasteiger partial charge in [0.1, 0.15) is 10.7 Å². The summed E-state index contributed by atoms with van der Waals surface area (Å²) in [4.78, 5) is 8.81. The Bertz CT molecular complexity index is 368. The molecule has 3 N–H and O–H groups in total. The minimum atomic E-state index is 0.303. The first kappa shape index (κ1) is 13.2. The van der Waals surface area contributed by atoms with Crippen molar-refractivity contribution < 1.29 is 0 Å². The molecule has 1 rings (SSSR count). The molecule has 1 aromatic heterocycles. The van der Waals surface area contributed by atoms with E-state index in [4.69, 9.17) is 18.0 Å². The van der Waals surface area contributed by atoms with Crippen LogP contribution in [-0.2, 0) is 0 Å². The van der Waals surface area contributed by atoms with E-state index in [0.717, 1.165) is 24.4 Å². The third kappa shape index (κ3) is 4.32. The van der Waals surface area contributed by atoms with Crippen molar-refractivity contribution in [2.75, 3.05) is 23.9 Å². The third-order valence-electron chi connectivity index (χ3n) is 1.92. The number of rotatable bonds is 6. The van der Waals surface area contributed by atoms with Crippen molar-refractivity contribution in [3.05, 3.63) is 17.5 Å². The van der Waals surface area contributed by atoms with Crippen molar-refractivity contribution in [3.8, 4) is 0 Å². The number of anilines is 1. The van der Waals surface area contributed by atoms with Gasteiger partial charge in [-0.05, 0) is 31.4 Å². The zero-order valence-corrected chi connectivity index (χ0v) is 11.1. The molecule has 88 valence electrons. The van der Waals surface area contributed by atoms with Crippen LogP contribution < -0.4 is 11.1 Å². The predicted octanol–water partition coefficient (Wildman–Crippen LogP) is 1.58. The second kappa shape index (κ2) is 6.65. The van der Waals surface area contributed by atoms with Crippen molar-refractivity contribution in [1.29, 1.82) is 0 Å². The van der Waals surface area contributed by atoms with Gasteiger partial charge in [0, 0.05) is 12.2 Å². The van der Waals surface area contributed by atoms with Gasteiger partial charge in [-0.2, -0.15) is 11.8 Å². The van der Waals surface area contributed by atoms with Gasteiger partial charge in [0.05, 0.1) is 0 Å². The van der Waals surface area contributed by atoms with E-state index in [2.05, 4.69) is 21.5 Å². The summed E-state index contributed by atoms with van der Waals surface area (Å²) >= 11 is 6.72. The maximum atomic E-state index is 5.54. The molecule has 0 fully saturated rings. The van der Waals surface area contributed by atoms with Gasteiger partial charge in [-0.3, -0.25) is 0 Å². The minimum Gasteiger partial charge on any atom is -0.388 e. The molecule has 0 aliphatic carbocycles. The van der Waals surface area contributed by atoms with Crippen LogP contribution in [0.25, 0.3) is 0 Å². The molecule has 0 saturated carbocycles. The lowest BCUT2D eigenvalue weighted by Crippen LogP contribution is -2.15. The molecular formula is C10H16N4S2. The van der Waals surface area contributed by atoms with Crippen LogP contribution in [0.5, 0.6) is 0 Å². The van der Waals surface area contributed by atoms with E-state index in [1.54, 1.807) is 6.07 Å². The summed E-state index contributed by atoms with van der Waals surface area (Å²) < 4.78 is 0. The predicted molar refractivity (Wildman–Crippen MR) is 74.1 cm³/mol. The average molecular weight is 256 g/mol. The number of nitrogens with two attached hydrogens (primary N) is 1. The maximum absolute atomic E-state index is 5.54.